The lowest BCUT2D eigenvalue weighted by Gasteiger charge is -2.41. The standard InChI is InChI=1S/C69H54N2/c1-47-19-18-34-66-67(47)60-28-12-17-33-65(60)71(66)55-45-43-54(44-46-55)70(52-39-35-50(36-40-52)68(48-20-4-2-5-21-48)61-29-13-8-24-56(61)57-25-9-14-30-62(57)68)53-41-37-51(38-42-53)69(49-22-6-3-7-23-49)63-31-15-10-26-58(63)59-27-11-16-32-64(59)69/h2-15,17-18,20-31,33-35,37-47,50H,16,19,32,36H2,1H3. The molecule has 3 unspecified atom stereocenters. The fourth-order valence-corrected chi connectivity index (χ4v) is 13.8. The first kappa shape index (κ1) is 41.7. The minimum absolute atomic E-state index is 0.189. The first-order valence-corrected chi connectivity index (χ1v) is 25.7. The van der Waals surface area contributed by atoms with Crippen LogP contribution in [0.5, 0.6) is 0 Å². The van der Waals surface area contributed by atoms with E-state index in [9.17, 15) is 0 Å². The molecule has 8 aromatic carbocycles. The van der Waals surface area contributed by atoms with Gasteiger partial charge in [0.05, 0.1) is 16.3 Å². The molecule has 340 valence electrons. The first-order valence-electron chi connectivity index (χ1n) is 25.7. The minimum Gasteiger partial charge on any atom is -0.311 e. The number of para-hydroxylation sites is 1. The molecule has 71 heavy (non-hydrogen) atoms. The summed E-state index contributed by atoms with van der Waals surface area (Å²) < 4.78 is 2.47. The third kappa shape index (κ3) is 6.07. The van der Waals surface area contributed by atoms with Crippen LogP contribution in [0.25, 0.3) is 39.4 Å². The Balaban J connectivity index is 0.913. The molecule has 14 rings (SSSR count). The summed E-state index contributed by atoms with van der Waals surface area (Å²) in [7, 11) is 0. The highest BCUT2D eigenvalue weighted by molar-refractivity contribution is 5.93. The van der Waals surface area contributed by atoms with E-state index in [4.69, 9.17) is 0 Å². The average molecular weight is 911 g/mol. The van der Waals surface area contributed by atoms with Gasteiger partial charge in [-0.25, -0.2) is 0 Å². The summed E-state index contributed by atoms with van der Waals surface area (Å²) in [6.45, 7) is 2.36. The molecule has 2 heteroatoms. The van der Waals surface area contributed by atoms with Gasteiger partial charge in [0.2, 0.25) is 0 Å². The molecule has 0 bridgehead atoms. The van der Waals surface area contributed by atoms with Crippen molar-refractivity contribution in [2.24, 2.45) is 5.92 Å². The molecule has 9 aromatic rings. The summed E-state index contributed by atoms with van der Waals surface area (Å²) >= 11 is 0. The molecular formula is C69H54N2. The molecule has 1 aromatic heterocycles. The summed E-state index contributed by atoms with van der Waals surface area (Å²) in [6, 6.07) is 77.7. The van der Waals surface area contributed by atoms with Gasteiger partial charge in [-0.15, -0.1) is 0 Å². The topological polar surface area (TPSA) is 8.17 Å². The zero-order chi connectivity index (χ0) is 47.1. The van der Waals surface area contributed by atoms with Crippen LogP contribution in [0.2, 0.25) is 0 Å². The second kappa shape index (κ2) is 16.5. The molecule has 5 aliphatic rings. The van der Waals surface area contributed by atoms with Crippen LogP contribution in [0.1, 0.15) is 88.7 Å². The molecule has 0 fully saturated rings. The number of hydrogen-bond acceptors (Lipinski definition) is 1. The predicted octanol–water partition coefficient (Wildman–Crippen LogP) is 17.2. The monoisotopic (exact) mass is 910 g/mol. The van der Waals surface area contributed by atoms with E-state index < -0.39 is 0 Å². The normalized spacial score (nSPS) is 20.0. The highest BCUT2D eigenvalue weighted by atomic mass is 15.1. The third-order valence-corrected chi connectivity index (χ3v) is 16.7. The van der Waals surface area contributed by atoms with Gasteiger partial charge >= 0.3 is 0 Å². The molecule has 0 saturated heterocycles. The summed E-state index contributed by atoms with van der Waals surface area (Å²) in [5, 5.41) is 1.35. The Morgan fingerprint density at radius 1 is 0.507 bits per heavy atom. The first-order chi connectivity index (χ1) is 35.2. The molecule has 1 heterocycles. The molecular weight excluding hydrogens is 857 g/mol. The zero-order valence-corrected chi connectivity index (χ0v) is 40.0. The van der Waals surface area contributed by atoms with Crippen molar-refractivity contribution in [2.45, 2.75) is 49.4 Å². The SMILES string of the molecule is CC1CC=Cc2c1c1ccccc1n2-c1ccc(N(C2=CCC(C3(c4ccccc4)c4ccccc4-c4ccccc43)C=C2)c2ccc(C3(c4ccccc4)C4=C(C=CCC4)c4ccccc43)cc2)cc1. The van der Waals surface area contributed by atoms with E-state index in [1.807, 2.05) is 0 Å². The van der Waals surface area contributed by atoms with Crippen LogP contribution >= 0.6 is 0 Å². The van der Waals surface area contributed by atoms with Crippen molar-refractivity contribution in [1.29, 1.82) is 0 Å². The van der Waals surface area contributed by atoms with Crippen LogP contribution in [0, 0.1) is 5.92 Å². The number of benzene rings is 8. The van der Waals surface area contributed by atoms with Crippen molar-refractivity contribution in [3.8, 4) is 16.8 Å². The van der Waals surface area contributed by atoms with Crippen LogP contribution in [-0.2, 0) is 10.8 Å². The Bertz CT molecular complexity index is 3660. The molecule has 3 atom stereocenters. The number of allylic oxidation sites excluding steroid dienone is 8. The van der Waals surface area contributed by atoms with Crippen molar-refractivity contribution >= 4 is 33.9 Å². The number of rotatable bonds is 8. The number of fused-ring (bicyclic) bond motifs is 8. The van der Waals surface area contributed by atoms with Gasteiger partial charge in [-0.05, 0) is 159 Å². The average Bonchev–Trinajstić information content (AvgIpc) is 4.06. The smallest absolute Gasteiger partial charge is 0.0676 e. The summed E-state index contributed by atoms with van der Waals surface area (Å²) in [5.74, 6) is 0.657. The Morgan fingerprint density at radius 2 is 1.10 bits per heavy atom. The molecule has 5 aliphatic carbocycles. The van der Waals surface area contributed by atoms with E-state index in [1.165, 1.54) is 94.8 Å². The maximum Gasteiger partial charge on any atom is 0.0676 e. The zero-order valence-electron chi connectivity index (χ0n) is 40.0. The van der Waals surface area contributed by atoms with Crippen LogP contribution < -0.4 is 4.90 Å². The molecule has 2 nitrogen and oxygen atoms in total. The highest BCUT2D eigenvalue weighted by Gasteiger charge is 2.50. The molecule has 0 amide bonds. The van der Waals surface area contributed by atoms with E-state index in [1.54, 1.807) is 0 Å². The van der Waals surface area contributed by atoms with Gasteiger partial charge in [0.15, 0.2) is 0 Å². The summed E-state index contributed by atoms with van der Waals surface area (Å²) in [4.78, 5) is 2.49. The van der Waals surface area contributed by atoms with Crippen molar-refractivity contribution in [2.75, 3.05) is 4.90 Å². The minimum atomic E-state index is -0.384. The number of anilines is 2. The maximum absolute atomic E-state index is 2.52. The summed E-state index contributed by atoms with van der Waals surface area (Å²) in [5.41, 5.74) is 22.9. The predicted molar refractivity (Wildman–Crippen MR) is 296 cm³/mol. The largest absolute Gasteiger partial charge is 0.311 e. The maximum atomic E-state index is 2.52. The summed E-state index contributed by atoms with van der Waals surface area (Å²) in [6.07, 6.45) is 20.9. The Kier molecular flexibility index (Phi) is 9.68. The van der Waals surface area contributed by atoms with Gasteiger partial charge < -0.3 is 9.47 Å². The fraction of sp³-hybridized carbons (Fsp3) is 0.130. The van der Waals surface area contributed by atoms with Gasteiger partial charge in [0.25, 0.3) is 0 Å². The van der Waals surface area contributed by atoms with Gasteiger partial charge in [-0.2, -0.15) is 0 Å². The lowest BCUT2D eigenvalue weighted by molar-refractivity contribution is 0.456. The second-order valence-electron chi connectivity index (χ2n) is 20.2. The van der Waals surface area contributed by atoms with Gasteiger partial charge in [-0.3, -0.25) is 0 Å². The molecule has 0 radical (unpaired) electrons. The van der Waals surface area contributed by atoms with Crippen molar-refractivity contribution in [3.05, 3.63) is 304 Å². The fourth-order valence-electron chi connectivity index (χ4n) is 13.8. The van der Waals surface area contributed by atoms with Crippen LogP contribution in [0.4, 0.5) is 11.4 Å². The quantitative estimate of drug-likeness (QED) is 0.147. The van der Waals surface area contributed by atoms with Crippen LogP contribution in [0.15, 0.2) is 254 Å². The molecule has 0 saturated carbocycles. The molecule has 0 aliphatic heterocycles. The van der Waals surface area contributed by atoms with Crippen LogP contribution in [-0.4, -0.2) is 4.57 Å². The van der Waals surface area contributed by atoms with E-state index in [-0.39, 0.29) is 16.7 Å². The van der Waals surface area contributed by atoms with E-state index in [0.717, 1.165) is 37.1 Å². The molecule has 0 N–H and O–H groups in total. The number of hydrogen-bond donors (Lipinski definition) is 0. The highest BCUT2D eigenvalue weighted by Crippen LogP contribution is 2.59. The van der Waals surface area contributed by atoms with Gasteiger partial charge in [0.1, 0.15) is 0 Å². The number of nitrogens with zero attached hydrogens (tertiary/aromatic N) is 2. The molecule has 0 spiro atoms. The lowest BCUT2D eigenvalue weighted by Crippen LogP contribution is -2.36. The lowest BCUT2D eigenvalue weighted by atomic mass is 9.62. The van der Waals surface area contributed by atoms with E-state index in [2.05, 4.69) is 265 Å². The van der Waals surface area contributed by atoms with Crippen molar-refractivity contribution in [1.82, 2.24) is 4.57 Å². The Labute approximate surface area is 417 Å². The van der Waals surface area contributed by atoms with Crippen molar-refractivity contribution < 1.29 is 0 Å². The van der Waals surface area contributed by atoms with Crippen molar-refractivity contribution in [3.63, 3.8) is 0 Å². The third-order valence-electron chi connectivity index (χ3n) is 16.7. The second-order valence-corrected chi connectivity index (χ2v) is 20.2. The van der Waals surface area contributed by atoms with Gasteiger partial charge in [-0.1, -0.05) is 201 Å². The van der Waals surface area contributed by atoms with E-state index in [0.29, 0.717) is 5.92 Å². The number of aromatic nitrogens is 1. The van der Waals surface area contributed by atoms with Gasteiger partial charge in [0, 0.05) is 33.8 Å². The Hall–Kier alpha value is -8.20. The Morgan fingerprint density at radius 3 is 1.79 bits per heavy atom. The van der Waals surface area contributed by atoms with E-state index >= 15 is 0 Å². The van der Waals surface area contributed by atoms with Crippen LogP contribution in [0.3, 0.4) is 0 Å².